The fourth-order valence-electron chi connectivity index (χ4n) is 3.16. The van der Waals surface area contributed by atoms with Gasteiger partial charge in [0.05, 0.1) is 25.5 Å². The van der Waals surface area contributed by atoms with Gasteiger partial charge in [-0.3, -0.25) is 14.3 Å². The molecule has 2 rings (SSSR count). The molecule has 1 aliphatic heterocycles. The summed E-state index contributed by atoms with van der Waals surface area (Å²) >= 11 is 0. The van der Waals surface area contributed by atoms with Crippen LogP contribution in [0.15, 0.2) is 15.8 Å². The molecular weight excluding hydrogens is 463 g/mol. The number of hydrogen-bond donors (Lipinski definition) is 2. The van der Waals surface area contributed by atoms with Crippen molar-refractivity contribution in [1.29, 1.82) is 0 Å². The highest BCUT2D eigenvalue weighted by molar-refractivity contribution is 6.74. The van der Waals surface area contributed by atoms with Crippen LogP contribution in [0, 0.1) is 5.82 Å². The summed E-state index contributed by atoms with van der Waals surface area (Å²) in [6.07, 6.45) is -0.453. The molecule has 0 aromatic carbocycles. The van der Waals surface area contributed by atoms with Gasteiger partial charge in [0.25, 0.3) is 5.56 Å². The van der Waals surface area contributed by atoms with Crippen LogP contribution < -0.4 is 11.2 Å². The van der Waals surface area contributed by atoms with Gasteiger partial charge in [-0.2, -0.15) is 4.39 Å². The number of nitrogens with zero attached hydrogens (tertiary/aromatic N) is 1. The van der Waals surface area contributed by atoms with E-state index in [-0.39, 0.29) is 23.1 Å². The molecule has 0 amide bonds. The Morgan fingerprint density at radius 1 is 1.15 bits per heavy atom. The Kier molecular flexibility index (Phi) is 7.80. The van der Waals surface area contributed by atoms with E-state index in [4.69, 9.17) is 13.6 Å². The molecule has 3 atom stereocenters. The molecule has 1 aliphatic rings. The summed E-state index contributed by atoms with van der Waals surface area (Å²) in [4.78, 5) is 25.9. The lowest BCUT2D eigenvalue weighted by Crippen LogP contribution is -2.56. The van der Waals surface area contributed by atoms with E-state index < -0.39 is 58.2 Å². The summed E-state index contributed by atoms with van der Waals surface area (Å²) in [6.45, 7) is 20.8. The number of hydrogen-bond acceptors (Lipinski definition) is 6. The number of aromatic amines is 1. The van der Waals surface area contributed by atoms with E-state index in [1.807, 2.05) is 4.98 Å². The van der Waals surface area contributed by atoms with Gasteiger partial charge in [-0.15, -0.1) is 0 Å². The molecule has 2 heterocycles. The van der Waals surface area contributed by atoms with Gasteiger partial charge in [0.15, 0.2) is 16.6 Å². The maximum absolute atomic E-state index is 14.0. The van der Waals surface area contributed by atoms with Crippen molar-refractivity contribution >= 4 is 16.6 Å². The molecule has 0 spiro atoms. The van der Waals surface area contributed by atoms with Crippen molar-refractivity contribution in [3.63, 3.8) is 0 Å². The van der Waals surface area contributed by atoms with E-state index in [0.29, 0.717) is 0 Å². The second kappa shape index (κ2) is 9.16. The normalized spacial score (nSPS) is 25.0. The molecule has 0 bridgehead atoms. The molecular formula is C22H41FN2O6Si2. The van der Waals surface area contributed by atoms with Crippen molar-refractivity contribution in [2.24, 2.45) is 0 Å². The highest BCUT2D eigenvalue weighted by Crippen LogP contribution is 2.45. The molecule has 11 heteroatoms. The molecule has 1 saturated heterocycles. The molecule has 1 fully saturated rings. The first-order valence-electron chi connectivity index (χ1n) is 11.4. The molecule has 33 heavy (non-hydrogen) atoms. The third kappa shape index (κ3) is 5.76. The van der Waals surface area contributed by atoms with E-state index >= 15 is 0 Å². The Morgan fingerprint density at radius 2 is 1.70 bits per heavy atom. The minimum Gasteiger partial charge on any atom is -0.414 e. The predicted octanol–water partition coefficient (Wildman–Crippen LogP) is 3.74. The van der Waals surface area contributed by atoms with Gasteiger partial charge >= 0.3 is 5.69 Å². The van der Waals surface area contributed by atoms with Crippen molar-refractivity contribution in [3.8, 4) is 0 Å². The summed E-state index contributed by atoms with van der Waals surface area (Å²) in [7, 11) is -4.51. The zero-order valence-corrected chi connectivity index (χ0v) is 23.7. The first-order chi connectivity index (χ1) is 14.8. The SMILES string of the molecule is CC(C)(C)[Si](C)(C)OC[C@@]1(CO)O[C@@H](n2cc(F)c(=O)[nH]c2=O)CC1O[Si](C)(C)C(C)(C)C. The van der Waals surface area contributed by atoms with Gasteiger partial charge in [0.2, 0.25) is 5.82 Å². The van der Waals surface area contributed by atoms with Gasteiger partial charge < -0.3 is 18.7 Å². The monoisotopic (exact) mass is 504 g/mol. The number of nitrogens with one attached hydrogen (secondary N) is 1. The van der Waals surface area contributed by atoms with Crippen LogP contribution in [0.3, 0.4) is 0 Å². The molecule has 0 radical (unpaired) electrons. The Hall–Kier alpha value is -1.12. The number of H-pyrrole nitrogens is 1. The zero-order chi connectivity index (χ0) is 25.6. The van der Waals surface area contributed by atoms with Crippen LogP contribution in [0.25, 0.3) is 0 Å². The standard InChI is InChI=1S/C22H41FN2O6Si2/c1-20(2,3)32(7,8)29-14-22(13-26)16(31-33(9,10)21(4,5)6)11-17(30-22)25-12-15(23)18(27)24-19(25)28/h12,16-17,26H,11,13-14H2,1-10H3,(H,24,27,28)/t16?,17-,22-/m1/s1. The van der Waals surface area contributed by atoms with Crippen molar-refractivity contribution in [3.05, 3.63) is 32.9 Å². The van der Waals surface area contributed by atoms with Crippen molar-refractivity contribution in [2.45, 2.75) is 102 Å². The quantitative estimate of drug-likeness (QED) is 0.549. The minimum absolute atomic E-state index is 0.0591. The molecule has 1 unspecified atom stereocenters. The molecule has 0 saturated carbocycles. The number of aliphatic hydroxyl groups is 1. The Labute approximate surface area is 197 Å². The van der Waals surface area contributed by atoms with E-state index in [0.717, 1.165) is 10.8 Å². The summed E-state index contributed by atoms with van der Waals surface area (Å²) < 4.78 is 34.4. The summed E-state index contributed by atoms with van der Waals surface area (Å²) in [5.74, 6) is -1.08. The summed E-state index contributed by atoms with van der Waals surface area (Å²) in [5.41, 5.74) is -3.10. The molecule has 1 aromatic heterocycles. The van der Waals surface area contributed by atoms with Crippen LogP contribution in [-0.4, -0.2) is 56.2 Å². The molecule has 8 nitrogen and oxygen atoms in total. The topological polar surface area (TPSA) is 103 Å². The molecule has 190 valence electrons. The highest BCUT2D eigenvalue weighted by Gasteiger charge is 2.55. The van der Waals surface area contributed by atoms with Crippen LogP contribution in [-0.2, 0) is 13.6 Å². The highest BCUT2D eigenvalue weighted by atomic mass is 28.4. The molecule has 1 aromatic rings. The predicted molar refractivity (Wildman–Crippen MR) is 131 cm³/mol. The lowest BCUT2D eigenvalue weighted by atomic mass is 9.99. The Morgan fingerprint density at radius 3 is 2.18 bits per heavy atom. The zero-order valence-electron chi connectivity index (χ0n) is 21.7. The number of ether oxygens (including phenoxy) is 1. The van der Waals surface area contributed by atoms with E-state index in [9.17, 15) is 19.1 Å². The average molecular weight is 505 g/mol. The van der Waals surface area contributed by atoms with Crippen LogP contribution in [0.1, 0.15) is 54.2 Å². The van der Waals surface area contributed by atoms with Gasteiger partial charge in [0, 0.05) is 6.42 Å². The smallest absolute Gasteiger partial charge is 0.330 e. The van der Waals surface area contributed by atoms with Gasteiger partial charge in [-0.1, -0.05) is 41.5 Å². The van der Waals surface area contributed by atoms with Crippen LogP contribution in [0.5, 0.6) is 0 Å². The maximum Gasteiger partial charge on any atom is 0.330 e. The second-order valence-electron chi connectivity index (χ2n) is 12.1. The van der Waals surface area contributed by atoms with Crippen LogP contribution >= 0.6 is 0 Å². The Balaban J connectivity index is 2.49. The lowest BCUT2D eigenvalue weighted by molar-refractivity contribution is -0.145. The van der Waals surface area contributed by atoms with Crippen molar-refractivity contribution in [1.82, 2.24) is 9.55 Å². The van der Waals surface area contributed by atoms with Gasteiger partial charge in [-0.05, 0) is 36.3 Å². The average Bonchev–Trinajstić information content (AvgIpc) is 2.99. The van der Waals surface area contributed by atoms with E-state index in [1.54, 1.807) is 0 Å². The largest absolute Gasteiger partial charge is 0.414 e. The summed E-state index contributed by atoms with van der Waals surface area (Å²) in [5, 5.41) is 10.4. The van der Waals surface area contributed by atoms with Crippen molar-refractivity contribution in [2.75, 3.05) is 13.2 Å². The first-order valence-corrected chi connectivity index (χ1v) is 17.2. The number of halogens is 1. The molecule has 2 N–H and O–H groups in total. The second-order valence-corrected chi connectivity index (χ2v) is 21.7. The van der Waals surface area contributed by atoms with Crippen LogP contribution in [0.4, 0.5) is 4.39 Å². The van der Waals surface area contributed by atoms with Gasteiger partial charge in [0.1, 0.15) is 11.8 Å². The fraction of sp³-hybridized carbons (Fsp3) is 0.818. The first kappa shape index (κ1) is 28.1. The van der Waals surface area contributed by atoms with E-state index in [1.165, 1.54) is 0 Å². The van der Waals surface area contributed by atoms with Crippen LogP contribution in [0.2, 0.25) is 36.3 Å². The van der Waals surface area contributed by atoms with Crippen molar-refractivity contribution < 1.29 is 23.1 Å². The number of rotatable bonds is 7. The third-order valence-corrected chi connectivity index (χ3v) is 16.6. The summed E-state index contributed by atoms with van der Waals surface area (Å²) in [6, 6.07) is 0. The lowest BCUT2D eigenvalue weighted by Gasteiger charge is -2.44. The number of aliphatic hydroxyl groups excluding tert-OH is 1. The third-order valence-electron chi connectivity index (χ3n) is 7.60. The van der Waals surface area contributed by atoms with E-state index in [2.05, 4.69) is 67.7 Å². The molecule has 0 aliphatic carbocycles. The maximum atomic E-state index is 14.0. The number of aromatic nitrogens is 2. The van der Waals surface area contributed by atoms with Gasteiger partial charge in [-0.25, -0.2) is 4.79 Å². The minimum atomic E-state index is -2.31. The fourth-order valence-corrected chi connectivity index (χ4v) is 5.57. The Bertz CT molecular complexity index is 963.